The number of carbonyl (C=O) groups is 2. The smallest absolute Gasteiger partial charge is 0.306 e. The van der Waals surface area contributed by atoms with Gasteiger partial charge in [0.25, 0.3) is 0 Å². The maximum absolute atomic E-state index is 14.3. The van der Waals surface area contributed by atoms with E-state index in [0.29, 0.717) is 10.7 Å². The molecule has 2 aromatic rings. The molecule has 1 aliphatic heterocycles. The molecule has 0 aliphatic carbocycles. The SMILES string of the molecule is FC(F)(CNc1c(Cl)ccc2c1CCNCC2)c1ccccn1.O=C(O)CCC(=O)O. The molecule has 0 saturated carbocycles. The molecular weight excluding hydrogens is 432 g/mol. The van der Waals surface area contributed by atoms with Crippen molar-refractivity contribution < 1.29 is 28.6 Å². The fraction of sp³-hybridized carbons (Fsp3) is 0.381. The van der Waals surface area contributed by atoms with Gasteiger partial charge in [0.1, 0.15) is 5.69 Å². The summed E-state index contributed by atoms with van der Waals surface area (Å²) in [7, 11) is 0. The Morgan fingerprint density at radius 1 is 1.10 bits per heavy atom. The highest BCUT2D eigenvalue weighted by Crippen LogP contribution is 2.33. The third kappa shape index (κ3) is 7.76. The molecule has 3 rings (SSSR count). The van der Waals surface area contributed by atoms with E-state index in [1.54, 1.807) is 18.2 Å². The summed E-state index contributed by atoms with van der Waals surface area (Å²) in [5.74, 6) is -5.21. The van der Waals surface area contributed by atoms with Gasteiger partial charge in [-0.1, -0.05) is 23.7 Å². The van der Waals surface area contributed by atoms with E-state index in [4.69, 9.17) is 21.8 Å². The highest BCUT2D eigenvalue weighted by Gasteiger charge is 2.33. The maximum atomic E-state index is 14.3. The Morgan fingerprint density at radius 3 is 2.39 bits per heavy atom. The first-order chi connectivity index (χ1) is 14.7. The van der Waals surface area contributed by atoms with Gasteiger partial charge >= 0.3 is 17.9 Å². The lowest BCUT2D eigenvalue weighted by molar-refractivity contribution is -0.143. The van der Waals surface area contributed by atoms with Gasteiger partial charge in [0, 0.05) is 6.20 Å². The minimum Gasteiger partial charge on any atom is -0.481 e. The first-order valence-corrected chi connectivity index (χ1v) is 10.1. The van der Waals surface area contributed by atoms with Crippen LogP contribution >= 0.6 is 11.6 Å². The molecule has 0 unspecified atom stereocenters. The monoisotopic (exact) mass is 455 g/mol. The van der Waals surface area contributed by atoms with E-state index in [9.17, 15) is 18.4 Å². The van der Waals surface area contributed by atoms with Gasteiger partial charge in [-0.3, -0.25) is 14.6 Å². The summed E-state index contributed by atoms with van der Waals surface area (Å²) < 4.78 is 28.6. The summed E-state index contributed by atoms with van der Waals surface area (Å²) in [4.78, 5) is 23.0. The molecule has 0 radical (unpaired) electrons. The van der Waals surface area contributed by atoms with Crippen molar-refractivity contribution in [2.45, 2.75) is 31.6 Å². The molecule has 31 heavy (non-hydrogen) atoms. The van der Waals surface area contributed by atoms with Crippen molar-refractivity contribution in [2.75, 3.05) is 25.0 Å². The Balaban J connectivity index is 0.000000366. The van der Waals surface area contributed by atoms with Crippen LogP contribution in [0.25, 0.3) is 0 Å². The van der Waals surface area contributed by atoms with Crippen molar-refractivity contribution in [2.24, 2.45) is 0 Å². The van der Waals surface area contributed by atoms with Crippen molar-refractivity contribution in [3.63, 3.8) is 0 Å². The van der Waals surface area contributed by atoms with Gasteiger partial charge in [0.2, 0.25) is 0 Å². The van der Waals surface area contributed by atoms with Crippen molar-refractivity contribution in [1.29, 1.82) is 0 Å². The lowest BCUT2D eigenvalue weighted by atomic mass is 10.0. The van der Waals surface area contributed by atoms with E-state index >= 15 is 0 Å². The zero-order chi connectivity index (χ0) is 22.9. The third-order valence-electron chi connectivity index (χ3n) is 4.56. The second kappa shape index (κ2) is 11.6. The highest BCUT2D eigenvalue weighted by atomic mass is 35.5. The summed E-state index contributed by atoms with van der Waals surface area (Å²) in [6.07, 6.45) is 2.42. The van der Waals surface area contributed by atoms with Gasteiger partial charge in [0.15, 0.2) is 0 Å². The summed E-state index contributed by atoms with van der Waals surface area (Å²) in [6, 6.07) is 8.26. The predicted octanol–water partition coefficient (Wildman–Crippen LogP) is 3.56. The van der Waals surface area contributed by atoms with Crippen molar-refractivity contribution in [1.82, 2.24) is 10.3 Å². The molecule has 0 spiro atoms. The van der Waals surface area contributed by atoms with E-state index in [1.807, 2.05) is 6.07 Å². The average Bonchev–Trinajstić information content (AvgIpc) is 2.98. The van der Waals surface area contributed by atoms with Crippen molar-refractivity contribution in [3.05, 3.63) is 58.4 Å². The summed E-state index contributed by atoms with van der Waals surface area (Å²) in [5.41, 5.74) is 2.55. The van der Waals surface area contributed by atoms with Gasteiger partial charge < -0.3 is 20.8 Å². The number of fused-ring (bicyclic) bond motifs is 1. The Labute approximate surface area is 183 Å². The van der Waals surface area contributed by atoms with Crippen LogP contribution in [0.2, 0.25) is 5.02 Å². The molecule has 0 saturated heterocycles. The number of benzene rings is 1. The standard InChI is InChI=1S/C17H18ClF2N3.C4H6O4/c18-14-5-4-12-6-9-21-10-7-13(12)16(14)23-11-17(19,20)15-3-1-2-8-22-15;5-3(6)1-2-4(7)8/h1-5,8,21,23H,6-7,9-11H2;1-2H2,(H,5,6)(H,7,8). The minimum absolute atomic E-state index is 0.243. The molecule has 0 amide bonds. The number of rotatable bonds is 7. The number of anilines is 1. The number of pyridine rings is 1. The number of alkyl halides is 2. The Morgan fingerprint density at radius 2 is 1.77 bits per heavy atom. The topological polar surface area (TPSA) is 112 Å². The molecule has 2 heterocycles. The van der Waals surface area contributed by atoms with Crippen molar-refractivity contribution in [3.8, 4) is 0 Å². The maximum Gasteiger partial charge on any atom is 0.306 e. The zero-order valence-corrected chi connectivity index (χ0v) is 17.5. The Hall–Kier alpha value is -2.78. The Kier molecular flexibility index (Phi) is 9.14. The molecule has 4 N–H and O–H groups in total. The van der Waals surface area contributed by atoms with Crippen LogP contribution in [0.1, 0.15) is 29.7 Å². The fourth-order valence-electron chi connectivity index (χ4n) is 3.02. The lowest BCUT2D eigenvalue weighted by Gasteiger charge is -2.20. The normalized spacial score (nSPS) is 13.3. The number of nitrogens with one attached hydrogen (secondary N) is 2. The quantitative estimate of drug-likeness (QED) is 0.505. The van der Waals surface area contributed by atoms with Gasteiger partial charge in [-0.25, -0.2) is 0 Å². The van der Waals surface area contributed by atoms with Crippen LogP contribution in [0, 0.1) is 0 Å². The average molecular weight is 456 g/mol. The molecule has 1 aliphatic rings. The third-order valence-corrected chi connectivity index (χ3v) is 4.88. The van der Waals surface area contributed by atoms with Crippen LogP contribution in [0.3, 0.4) is 0 Å². The van der Waals surface area contributed by atoms with Gasteiger partial charge in [-0.15, -0.1) is 0 Å². The largest absolute Gasteiger partial charge is 0.481 e. The van der Waals surface area contributed by atoms with Gasteiger partial charge in [-0.2, -0.15) is 8.78 Å². The van der Waals surface area contributed by atoms with E-state index in [2.05, 4.69) is 15.6 Å². The van der Waals surface area contributed by atoms with E-state index in [-0.39, 0.29) is 18.5 Å². The number of aromatic nitrogens is 1. The lowest BCUT2D eigenvalue weighted by Crippen LogP contribution is -2.26. The number of aliphatic carboxylic acids is 2. The number of carboxylic acids is 2. The molecule has 1 aromatic carbocycles. The summed E-state index contributed by atoms with van der Waals surface area (Å²) in [5, 5.41) is 22.4. The predicted molar refractivity (Wildman–Crippen MR) is 113 cm³/mol. The first-order valence-electron chi connectivity index (χ1n) is 9.68. The molecule has 0 bridgehead atoms. The molecule has 10 heteroatoms. The van der Waals surface area contributed by atoms with E-state index in [0.717, 1.165) is 37.1 Å². The molecule has 0 fully saturated rings. The van der Waals surface area contributed by atoms with Crippen LogP contribution in [-0.2, 0) is 28.4 Å². The summed E-state index contributed by atoms with van der Waals surface area (Å²) in [6.45, 7) is 1.17. The fourth-order valence-corrected chi connectivity index (χ4v) is 3.26. The zero-order valence-electron chi connectivity index (χ0n) is 16.7. The highest BCUT2D eigenvalue weighted by molar-refractivity contribution is 6.33. The minimum atomic E-state index is -3.06. The second-order valence-corrected chi connectivity index (χ2v) is 7.28. The van der Waals surface area contributed by atoms with E-state index in [1.165, 1.54) is 12.3 Å². The number of hydrogen-bond acceptors (Lipinski definition) is 5. The molecule has 0 atom stereocenters. The van der Waals surface area contributed by atoms with E-state index < -0.39 is 24.4 Å². The van der Waals surface area contributed by atoms with Crippen LogP contribution in [0.5, 0.6) is 0 Å². The van der Waals surface area contributed by atoms with Gasteiger partial charge in [0.05, 0.1) is 30.1 Å². The van der Waals surface area contributed by atoms with Crippen molar-refractivity contribution >= 4 is 29.2 Å². The molecule has 1 aromatic heterocycles. The molecule has 168 valence electrons. The molecular formula is C21H24ClF2N3O4. The van der Waals surface area contributed by atoms with Crippen LogP contribution in [-0.4, -0.2) is 46.8 Å². The van der Waals surface area contributed by atoms with Gasteiger partial charge in [-0.05, 0) is 55.3 Å². The summed E-state index contributed by atoms with van der Waals surface area (Å²) >= 11 is 6.25. The number of hydrogen-bond donors (Lipinski definition) is 4. The van der Waals surface area contributed by atoms with Crippen LogP contribution < -0.4 is 10.6 Å². The number of nitrogens with zero attached hydrogens (tertiary/aromatic N) is 1. The number of carboxylic acid groups (broad SMARTS) is 2. The van der Waals surface area contributed by atoms with Crippen LogP contribution in [0.4, 0.5) is 14.5 Å². The Bertz CT molecular complexity index is 884. The second-order valence-electron chi connectivity index (χ2n) is 6.87. The molecule has 7 nitrogen and oxygen atoms in total. The van der Waals surface area contributed by atoms with Crippen LogP contribution in [0.15, 0.2) is 36.5 Å². The first kappa shape index (κ1) is 24.5. The number of halogens is 3.